The minimum Gasteiger partial charge on any atom is -0.497 e. The molecule has 0 spiro atoms. The van der Waals surface area contributed by atoms with Gasteiger partial charge in [0.1, 0.15) is 5.75 Å². The van der Waals surface area contributed by atoms with Crippen LogP contribution in [0.3, 0.4) is 0 Å². The molecule has 0 aromatic heterocycles. The van der Waals surface area contributed by atoms with Crippen molar-refractivity contribution in [2.45, 2.75) is 12.0 Å². The molecule has 8 heteroatoms. The molecule has 2 unspecified atom stereocenters. The van der Waals surface area contributed by atoms with Crippen molar-refractivity contribution in [1.82, 2.24) is 4.90 Å². The highest BCUT2D eigenvalue weighted by molar-refractivity contribution is 6.07. The third-order valence-corrected chi connectivity index (χ3v) is 4.86. The first-order chi connectivity index (χ1) is 14.1. The monoisotopic (exact) mass is 397 g/mol. The molecular weight excluding hydrogens is 374 g/mol. The number of nitrogens with one attached hydrogen (secondary N) is 1. The Morgan fingerprint density at radius 2 is 2.03 bits per heavy atom. The maximum absolute atomic E-state index is 13.3. The molecule has 2 atom stereocenters. The molecule has 2 aromatic rings. The molecule has 1 aliphatic heterocycles. The van der Waals surface area contributed by atoms with E-state index in [0.717, 1.165) is 0 Å². The van der Waals surface area contributed by atoms with Gasteiger partial charge < -0.3 is 24.9 Å². The quantitative estimate of drug-likeness (QED) is 0.424. The summed E-state index contributed by atoms with van der Waals surface area (Å²) in [6, 6.07) is 13.2. The summed E-state index contributed by atoms with van der Waals surface area (Å²) in [5, 5.41) is 15.2. The number of hydrogen-bond acceptors (Lipinski definition) is 6. The highest BCUT2D eigenvalue weighted by atomic mass is 16.5. The number of amides is 2. The molecule has 1 aliphatic rings. The van der Waals surface area contributed by atoms with Gasteiger partial charge in [0.15, 0.2) is 0 Å². The summed E-state index contributed by atoms with van der Waals surface area (Å²) in [5.74, 6) is -0.724. The molecule has 29 heavy (non-hydrogen) atoms. The number of anilines is 1. The van der Waals surface area contributed by atoms with Gasteiger partial charge in [0.2, 0.25) is 5.91 Å². The predicted octanol–water partition coefficient (Wildman–Crippen LogP) is 2.35. The third kappa shape index (κ3) is 4.22. The summed E-state index contributed by atoms with van der Waals surface area (Å²) in [7, 11) is 3.08. The van der Waals surface area contributed by atoms with Gasteiger partial charge in [-0.1, -0.05) is 29.4 Å². The zero-order valence-corrected chi connectivity index (χ0v) is 16.2. The fourth-order valence-electron chi connectivity index (χ4n) is 3.51. The van der Waals surface area contributed by atoms with E-state index in [1.807, 2.05) is 0 Å². The summed E-state index contributed by atoms with van der Waals surface area (Å²) in [6.45, 7) is 0.539. The van der Waals surface area contributed by atoms with E-state index >= 15 is 0 Å². The van der Waals surface area contributed by atoms with Gasteiger partial charge in [-0.05, 0) is 23.8 Å². The van der Waals surface area contributed by atoms with Crippen LogP contribution in [-0.4, -0.2) is 61.5 Å². The molecule has 0 aliphatic carbocycles. The highest BCUT2D eigenvalue weighted by Gasteiger charge is 2.42. The number of fused-ring (bicyclic) bond motifs is 1. The van der Waals surface area contributed by atoms with Crippen LogP contribution >= 0.6 is 0 Å². The van der Waals surface area contributed by atoms with Crippen molar-refractivity contribution in [2.24, 2.45) is 5.16 Å². The van der Waals surface area contributed by atoms with Crippen LogP contribution in [0.2, 0.25) is 0 Å². The normalized spacial score (nSPS) is 18.6. The summed E-state index contributed by atoms with van der Waals surface area (Å²) >= 11 is 0. The lowest BCUT2D eigenvalue weighted by Crippen LogP contribution is -2.53. The van der Waals surface area contributed by atoms with Crippen LogP contribution in [0.1, 0.15) is 21.8 Å². The molecule has 0 radical (unpaired) electrons. The fourth-order valence-corrected chi connectivity index (χ4v) is 3.51. The maximum Gasteiger partial charge on any atom is 0.254 e. The van der Waals surface area contributed by atoms with Gasteiger partial charge in [0.25, 0.3) is 5.91 Å². The second-order valence-electron chi connectivity index (χ2n) is 6.53. The van der Waals surface area contributed by atoms with Gasteiger partial charge in [0.05, 0.1) is 31.9 Å². The number of oxime groups is 1. The zero-order valence-electron chi connectivity index (χ0n) is 16.2. The van der Waals surface area contributed by atoms with E-state index < -0.39 is 12.0 Å². The second kappa shape index (κ2) is 9.20. The molecule has 3 rings (SSSR count). The standard InChI is InChI=1S/C21H23N3O5/c1-28-11-10-24-18(13-22-27)19(16-8-3-4-9-17(16)21(24)26)20(25)23-14-6-5-7-15(12-14)29-2/h3-9,12-13,18-19,27H,10-11H2,1-2H3,(H,23,25)/b22-13-. The largest absolute Gasteiger partial charge is 0.497 e. The second-order valence-corrected chi connectivity index (χ2v) is 6.53. The van der Waals surface area contributed by atoms with Crippen LogP contribution in [0.15, 0.2) is 53.7 Å². The number of nitrogens with zero attached hydrogens (tertiary/aromatic N) is 2. The van der Waals surface area contributed by atoms with E-state index in [9.17, 15) is 14.8 Å². The fraction of sp³-hybridized carbons (Fsp3) is 0.286. The lowest BCUT2D eigenvalue weighted by molar-refractivity contribution is -0.118. The average Bonchev–Trinajstić information content (AvgIpc) is 2.74. The van der Waals surface area contributed by atoms with E-state index in [4.69, 9.17) is 9.47 Å². The molecule has 0 saturated carbocycles. The molecule has 8 nitrogen and oxygen atoms in total. The summed E-state index contributed by atoms with van der Waals surface area (Å²) < 4.78 is 10.3. The predicted molar refractivity (Wildman–Crippen MR) is 108 cm³/mol. The lowest BCUT2D eigenvalue weighted by atomic mass is 9.82. The van der Waals surface area contributed by atoms with Crippen molar-refractivity contribution in [2.75, 3.05) is 32.7 Å². The first-order valence-corrected chi connectivity index (χ1v) is 9.12. The van der Waals surface area contributed by atoms with Crippen molar-refractivity contribution in [3.05, 3.63) is 59.7 Å². The van der Waals surface area contributed by atoms with Crippen LogP contribution in [0.4, 0.5) is 5.69 Å². The molecule has 2 aromatic carbocycles. The minimum absolute atomic E-state index is 0.243. The average molecular weight is 397 g/mol. The number of carbonyl (C=O) groups excluding carboxylic acids is 2. The molecule has 0 bridgehead atoms. The molecule has 2 amide bonds. The van der Waals surface area contributed by atoms with Gasteiger partial charge in [0, 0.05) is 31.0 Å². The molecule has 152 valence electrons. The van der Waals surface area contributed by atoms with E-state index in [-0.39, 0.29) is 25.0 Å². The molecule has 1 heterocycles. The van der Waals surface area contributed by atoms with Gasteiger partial charge >= 0.3 is 0 Å². The number of hydrogen-bond donors (Lipinski definition) is 2. The summed E-state index contributed by atoms with van der Waals surface area (Å²) in [5.41, 5.74) is 1.58. The Morgan fingerprint density at radius 1 is 1.24 bits per heavy atom. The molecular formula is C21H23N3O5. The SMILES string of the molecule is COCCN1C(=O)c2ccccc2C(C(=O)Nc2cccc(OC)c2)C1/C=N\O. The van der Waals surface area contributed by atoms with Gasteiger partial charge in [-0.25, -0.2) is 0 Å². The number of rotatable bonds is 7. The van der Waals surface area contributed by atoms with Gasteiger partial charge in [-0.3, -0.25) is 9.59 Å². The van der Waals surface area contributed by atoms with E-state index in [2.05, 4.69) is 10.5 Å². The topological polar surface area (TPSA) is 100 Å². The van der Waals surface area contributed by atoms with Crippen molar-refractivity contribution >= 4 is 23.7 Å². The maximum atomic E-state index is 13.3. The van der Waals surface area contributed by atoms with Crippen LogP contribution < -0.4 is 10.1 Å². The van der Waals surface area contributed by atoms with Crippen LogP contribution in [0, 0.1) is 0 Å². The smallest absolute Gasteiger partial charge is 0.254 e. The summed E-state index contributed by atoms with van der Waals surface area (Å²) in [6.07, 6.45) is 1.21. The number of methoxy groups -OCH3 is 2. The van der Waals surface area contributed by atoms with Crippen molar-refractivity contribution < 1.29 is 24.3 Å². The van der Waals surface area contributed by atoms with Crippen molar-refractivity contribution in [1.29, 1.82) is 0 Å². The van der Waals surface area contributed by atoms with E-state index in [1.54, 1.807) is 55.6 Å². The van der Waals surface area contributed by atoms with Gasteiger partial charge in [-0.15, -0.1) is 0 Å². The van der Waals surface area contributed by atoms with Crippen LogP contribution in [0.25, 0.3) is 0 Å². The first-order valence-electron chi connectivity index (χ1n) is 9.12. The lowest BCUT2D eigenvalue weighted by Gasteiger charge is -2.39. The Morgan fingerprint density at radius 3 is 2.76 bits per heavy atom. The summed E-state index contributed by atoms with van der Waals surface area (Å²) in [4.78, 5) is 27.8. The number of carbonyl (C=O) groups is 2. The Hall–Kier alpha value is -3.39. The first kappa shape index (κ1) is 20.3. The Kier molecular flexibility index (Phi) is 6.46. The number of benzene rings is 2. The Balaban J connectivity index is 2.01. The molecule has 0 saturated heterocycles. The highest BCUT2D eigenvalue weighted by Crippen LogP contribution is 2.34. The van der Waals surface area contributed by atoms with Crippen molar-refractivity contribution in [3.63, 3.8) is 0 Å². The van der Waals surface area contributed by atoms with E-state index in [0.29, 0.717) is 22.6 Å². The Bertz CT molecular complexity index is 915. The Labute approximate surface area is 168 Å². The van der Waals surface area contributed by atoms with E-state index in [1.165, 1.54) is 18.2 Å². The van der Waals surface area contributed by atoms with Gasteiger partial charge in [-0.2, -0.15) is 0 Å². The zero-order chi connectivity index (χ0) is 20.8. The van der Waals surface area contributed by atoms with Crippen LogP contribution in [-0.2, 0) is 9.53 Å². The van der Waals surface area contributed by atoms with Crippen LogP contribution in [0.5, 0.6) is 5.75 Å². The molecule has 2 N–H and O–H groups in total. The minimum atomic E-state index is -0.761. The number of ether oxygens (including phenoxy) is 2. The molecule has 0 fully saturated rings. The third-order valence-electron chi connectivity index (χ3n) is 4.86. The van der Waals surface area contributed by atoms with Crippen molar-refractivity contribution in [3.8, 4) is 5.75 Å².